The van der Waals surface area contributed by atoms with E-state index < -0.39 is 0 Å². The lowest BCUT2D eigenvalue weighted by Crippen LogP contribution is -2.46. The van der Waals surface area contributed by atoms with E-state index in [1.807, 2.05) is 6.20 Å². The van der Waals surface area contributed by atoms with Crippen LogP contribution in [-0.2, 0) is 10.8 Å². The highest BCUT2D eigenvalue weighted by molar-refractivity contribution is 9.10. The van der Waals surface area contributed by atoms with Crippen LogP contribution < -0.4 is 0 Å². The molecule has 2 heterocycles. The predicted octanol–water partition coefficient (Wildman–Crippen LogP) is 5.87. The van der Waals surface area contributed by atoms with Gasteiger partial charge in [-0.25, -0.2) is 4.68 Å². The Morgan fingerprint density at radius 1 is 0.917 bits per heavy atom. The number of hydrogen-bond acceptors (Lipinski definition) is 1. The highest BCUT2D eigenvalue weighted by Crippen LogP contribution is 2.52. The van der Waals surface area contributed by atoms with E-state index in [0.29, 0.717) is 0 Å². The van der Waals surface area contributed by atoms with Crippen LogP contribution in [0.1, 0.15) is 39.0 Å². The highest BCUT2D eigenvalue weighted by Gasteiger charge is 2.48. The standard InChI is InChI=1S/C21H21BrN2/c1-20(2)17-12-15(22)10-11-18(17)24-19(21(20,3)4)16(13-23-24)14-8-6-5-7-9-14/h5-13H,1-4H3. The fraction of sp³-hybridized carbons (Fsp3) is 0.286. The van der Waals surface area contributed by atoms with Crippen LogP contribution in [0.3, 0.4) is 0 Å². The van der Waals surface area contributed by atoms with Gasteiger partial charge in [0.1, 0.15) is 0 Å². The van der Waals surface area contributed by atoms with Gasteiger partial charge in [0.15, 0.2) is 0 Å². The molecule has 0 spiro atoms. The molecule has 0 bridgehead atoms. The van der Waals surface area contributed by atoms with Crippen molar-refractivity contribution in [3.8, 4) is 16.8 Å². The largest absolute Gasteiger partial charge is 0.236 e. The number of nitrogens with zero attached hydrogens (tertiary/aromatic N) is 2. The number of hydrogen-bond donors (Lipinski definition) is 0. The van der Waals surface area contributed by atoms with Crippen LogP contribution in [0.5, 0.6) is 0 Å². The summed E-state index contributed by atoms with van der Waals surface area (Å²) in [6, 6.07) is 17.1. The van der Waals surface area contributed by atoms with Gasteiger partial charge in [-0.3, -0.25) is 0 Å². The zero-order chi connectivity index (χ0) is 17.1. The predicted molar refractivity (Wildman–Crippen MR) is 103 cm³/mol. The molecule has 1 aromatic heterocycles. The van der Waals surface area contributed by atoms with Gasteiger partial charge >= 0.3 is 0 Å². The Morgan fingerprint density at radius 3 is 2.33 bits per heavy atom. The fourth-order valence-corrected chi connectivity index (χ4v) is 4.15. The Bertz CT molecular complexity index is 920. The Hall–Kier alpha value is -1.87. The molecular weight excluding hydrogens is 360 g/mol. The molecule has 3 aromatic rings. The zero-order valence-corrected chi connectivity index (χ0v) is 16.1. The van der Waals surface area contributed by atoms with Gasteiger partial charge in [-0.15, -0.1) is 0 Å². The summed E-state index contributed by atoms with van der Waals surface area (Å²) in [6.07, 6.45) is 2.01. The van der Waals surface area contributed by atoms with Crippen molar-refractivity contribution >= 4 is 15.9 Å². The summed E-state index contributed by atoms with van der Waals surface area (Å²) in [5.74, 6) is 0. The van der Waals surface area contributed by atoms with E-state index in [1.54, 1.807) is 0 Å². The van der Waals surface area contributed by atoms with Gasteiger partial charge in [0.2, 0.25) is 0 Å². The van der Waals surface area contributed by atoms with Crippen LogP contribution in [0.4, 0.5) is 0 Å². The molecule has 122 valence electrons. The maximum absolute atomic E-state index is 4.77. The Kier molecular flexibility index (Phi) is 3.30. The first-order chi connectivity index (χ1) is 11.3. The van der Waals surface area contributed by atoms with Crippen LogP contribution in [0.25, 0.3) is 16.8 Å². The molecule has 1 aliphatic rings. The van der Waals surface area contributed by atoms with Gasteiger partial charge in [0.05, 0.1) is 17.6 Å². The van der Waals surface area contributed by atoms with Crippen molar-refractivity contribution in [3.05, 3.63) is 70.5 Å². The van der Waals surface area contributed by atoms with Crippen LogP contribution >= 0.6 is 15.9 Å². The zero-order valence-electron chi connectivity index (χ0n) is 14.5. The molecule has 0 fully saturated rings. The van der Waals surface area contributed by atoms with E-state index in [4.69, 9.17) is 5.10 Å². The molecule has 3 heteroatoms. The lowest BCUT2D eigenvalue weighted by molar-refractivity contribution is 0.276. The summed E-state index contributed by atoms with van der Waals surface area (Å²) >= 11 is 3.63. The summed E-state index contributed by atoms with van der Waals surface area (Å²) < 4.78 is 3.25. The van der Waals surface area contributed by atoms with Crippen LogP contribution in [-0.4, -0.2) is 9.78 Å². The van der Waals surface area contributed by atoms with E-state index in [1.165, 1.54) is 28.1 Å². The Balaban J connectivity index is 2.07. The molecular formula is C21H21BrN2. The third-order valence-corrected chi connectivity index (χ3v) is 6.36. The SMILES string of the molecule is CC1(C)c2cc(Br)ccc2-n2ncc(-c3ccccc3)c2C1(C)C. The van der Waals surface area contributed by atoms with Crippen molar-refractivity contribution in [2.24, 2.45) is 0 Å². The second kappa shape index (κ2) is 5.06. The van der Waals surface area contributed by atoms with Crippen LogP contribution in [0, 0.1) is 0 Å². The van der Waals surface area contributed by atoms with Gasteiger partial charge in [-0.05, 0) is 29.3 Å². The number of fused-ring (bicyclic) bond motifs is 3. The number of benzene rings is 2. The second-order valence-electron chi connectivity index (χ2n) is 7.60. The average Bonchev–Trinajstić information content (AvgIpc) is 3.00. The molecule has 0 amide bonds. The molecule has 0 aliphatic carbocycles. The topological polar surface area (TPSA) is 17.8 Å². The van der Waals surface area contributed by atoms with Gasteiger partial charge in [0, 0.05) is 20.9 Å². The molecule has 2 nitrogen and oxygen atoms in total. The first-order valence-corrected chi connectivity index (χ1v) is 9.07. The molecule has 0 saturated heterocycles. The minimum Gasteiger partial charge on any atom is -0.236 e. The summed E-state index contributed by atoms with van der Waals surface area (Å²) in [7, 11) is 0. The molecule has 0 radical (unpaired) electrons. The van der Waals surface area contributed by atoms with E-state index in [9.17, 15) is 0 Å². The number of rotatable bonds is 1. The monoisotopic (exact) mass is 380 g/mol. The summed E-state index contributed by atoms with van der Waals surface area (Å²) in [5, 5.41) is 4.77. The third kappa shape index (κ3) is 1.97. The lowest BCUT2D eigenvalue weighted by Gasteiger charge is -2.47. The summed E-state index contributed by atoms with van der Waals surface area (Å²) in [6.45, 7) is 9.33. The fourth-order valence-electron chi connectivity index (χ4n) is 3.79. The molecule has 4 rings (SSSR count). The average molecular weight is 381 g/mol. The minimum atomic E-state index is -0.0531. The molecule has 1 aliphatic heterocycles. The van der Waals surface area contributed by atoms with Crippen LogP contribution in [0.15, 0.2) is 59.2 Å². The van der Waals surface area contributed by atoms with E-state index in [0.717, 1.165) is 4.47 Å². The first kappa shape index (κ1) is 15.6. The highest BCUT2D eigenvalue weighted by atomic mass is 79.9. The van der Waals surface area contributed by atoms with E-state index in [2.05, 4.69) is 96.8 Å². The first-order valence-electron chi connectivity index (χ1n) is 8.28. The van der Waals surface area contributed by atoms with Gasteiger partial charge < -0.3 is 0 Å². The van der Waals surface area contributed by atoms with Gasteiger partial charge in [0.25, 0.3) is 0 Å². The Morgan fingerprint density at radius 2 is 1.62 bits per heavy atom. The molecule has 24 heavy (non-hydrogen) atoms. The van der Waals surface area contributed by atoms with Crippen LogP contribution in [0.2, 0.25) is 0 Å². The third-order valence-electron chi connectivity index (χ3n) is 5.87. The van der Waals surface area contributed by atoms with E-state index in [-0.39, 0.29) is 10.8 Å². The van der Waals surface area contributed by atoms with Gasteiger partial charge in [-0.2, -0.15) is 5.10 Å². The van der Waals surface area contributed by atoms with Crippen molar-refractivity contribution in [1.82, 2.24) is 9.78 Å². The minimum absolute atomic E-state index is 0.00826. The lowest BCUT2D eigenvalue weighted by atomic mass is 9.59. The molecule has 0 N–H and O–H groups in total. The van der Waals surface area contributed by atoms with Crippen molar-refractivity contribution in [2.45, 2.75) is 38.5 Å². The van der Waals surface area contributed by atoms with Crippen molar-refractivity contribution < 1.29 is 0 Å². The normalized spacial score (nSPS) is 17.2. The van der Waals surface area contributed by atoms with Crippen molar-refractivity contribution in [1.29, 1.82) is 0 Å². The summed E-state index contributed by atoms with van der Waals surface area (Å²) in [5.41, 5.74) is 6.18. The molecule has 2 aromatic carbocycles. The molecule has 0 saturated carbocycles. The maximum Gasteiger partial charge on any atom is 0.0687 e. The number of halogens is 1. The second-order valence-corrected chi connectivity index (χ2v) is 8.51. The maximum atomic E-state index is 4.77. The summed E-state index contributed by atoms with van der Waals surface area (Å²) in [4.78, 5) is 0. The smallest absolute Gasteiger partial charge is 0.0687 e. The van der Waals surface area contributed by atoms with Crippen molar-refractivity contribution in [2.75, 3.05) is 0 Å². The molecule has 0 atom stereocenters. The Labute approximate surface area is 151 Å². The van der Waals surface area contributed by atoms with E-state index >= 15 is 0 Å². The quantitative estimate of drug-likeness (QED) is 0.515. The van der Waals surface area contributed by atoms with Gasteiger partial charge in [-0.1, -0.05) is 74.0 Å². The van der Waals surface area contributed by atoms with Crippen molar-refractivity contribution in [3.63, 3.8) is 0 Å². The number of aromatic nitrogens is 2. The molecule has 0 unspecified atom stereocenters.